The van der Waals surface area contributed by atoms with Crippen LogP contribution in [0.4, 0.5) is 0 Å². The summed E-state index contributed by atoms with van der Waals surface area (Å²) in [6, 6.07) is 0. The quantitative estimate of drug-likeness (QED) is 0.235. The van der Waals surface area contributed by atoms with Crippen LogP contribution < -0.4 is 0 Å². The first kappa shape index (κ1) is 24.2. The second-order valence-corrected chi connectivity index (χ2v) is 6.11. The van der Waals surface area contributed by atoms with E-state index in [1.807, 2.05) is 12.2 Å². The van der Waals surface area contributed by atoms with Gasteiger partial charge in [0, 0.05) is 0 Å². The molecule has 0 aliphatic rings. The maximum absolute atomic E-state index is 3.73. The van der Waals surface area contributed by atoms with Gasteiger partial charge in [-0.2, -0.15) is 0 Å². The molecule has 0 heteroatoms. The summed E-state index contributed by atoms with van der Waals surface area (Å²) in [5, 5.41) is 0. The zero-order chi connectivity index (χ0) is 17.8. The van der Waals surface area contributed by atoms with Crippen LogP contribution in [0.25, 0.3) is 0 Å². The Hall–Kier alpha value is -1.04. The van der Waals surface area contributed by atoms with Gasteiger partial charge in [0.25, 0.3) is 0 Å². The Morgan fingerprint density at radius 3 is 1.43 bits per heavy atom. The van der Waals surface area contributed by atoms with Crippen molar-refractivity contribution < 1.29 is 0 Å². The average molecular weight is 319 g/mol. The Morgan fingerprint density at radius 1 is 0.652 bits per heavy atom. The minimum atomic E-state index is 1.15. The Labute approximate surface area is 147 Å². The zero-order valence-electron chi connectivity index (χ0n) is 16.5. The minimum Gasteiger partial charge on any atom is -0.103 e. The maximum atomic E-state index is 3.73. The number of hydrogen-bond acceptors (Lipinski definition) is 0. The largest absolute Gasteiger partial charge is 0.103 e. The van der Waals surface area contributed by atoms with E-state index in [-0.39, 0.29) is 0 Å². The van der Waals surface area contributed by atoms with E-state index in [4.69, 9.17) is 0 Å². The molecule has 0 amide bonds. The molecule has 0 saturated heterocycles. The van der Waals surface area contributed by atoms with Crippen LogP contribution in [0, 0.1) is 0 Å². The van der Waals surface area contributed by atoms with E-state index in [1.165, 1.54) is 57.8 Å². The molecule has 0 radical (unpaired) electrons. The standard InChI is InChI=1S/C12H22.C11H20/c1-4-7-9-11-12(6-3)10-8-5-2;1-4-7-8-10-11(6-3)9-5-2/h4,6H,1,5,7-11H2,2-3H3;4,6H,1,5,7-10H2,2-3H3. The highest BCUT2D eigenvalue weighted by Gasteiger charge is 1.94. The molecule has 0 aromatic carbocycles. The Bertz CT molecular complexity index is 317. The molecule has 0 rings (SSSR count). The van der Waals surface area contributed by atoms with Gasteiger partial charge in [0.2, 0.25) is 0 Å². The van der Waals surface area contributed by atoms with Gasteiger partial charge in [-0.05, 0) is 71.6 Å². The Kier molecular flexibility index (Phi) is 22.1. The minimum absolute atomic E-state index is 1.15. The van der Waals surface area contributed by atoms with Crippen LogP contribution in [0.5, 0.6) is 0 Å². The van der Waals surface area contributed by atoms with Crippen LogP contribution in [0.2, 0.25) is 0 Å². The van der Waals surface area contributed by atoms with Gasteiger partial charge in [-0.1, -0.05) is 62.1 Å². The highest BCUT2D eigenvalue weighted by molar-refractivity contribution is 5.00. The molecule has 0 unspecified atom stereocenters. The van der Waals surface area contributed by atoms with E-state index in [0.29, 0.717) is 0 Å². The van der Waals surface area contributed by atoms with E-state index < -0.39 is 0 Å². The maximum Gasteiger partial charge on any atom is -0.0317 e. The molecule has 0 saturated carbocycles. The van der Waals surface area contributed by atoms with Crippen molar-refractivity contribution in [2.24, 2.45) is 0 Å². The molecule has 0 heterocycles. The molecule has 0 aromatic rings. The highest BCUT2D eigenvalue weighted by atomic mass is 14.0. The molecule has 0 nitrogen and oxygen atoms in total. The van der Waals surface area contributed by atoms with Crippen molar-refractivity contribution in [3.63, 3.8) is 0 Å². The molecule has 23 heavy (non-hydrogen) atoms. The van der Waals surface area contributed by atoms with Gasteiger partial charge in [0.15, 0.2) is 0 Å². The Morgan fingerprint density at radius 2 is 1.09 bits per heavy atom. The topological polar surface area (TPSA) is 0 Å². The lowest BCUT2D eigenvalue weighted by Gasteiger charge is -2.04. The van der Waals surface area contributed by atoms with Crippen molar-refractivity contribution in [1.82, 2.24) is 0 Å². The van der Waals surface area contributed by atoms with Crippen molar-refractivity contribution in [2.75, 3.05) is 0 Å². The van der Waals surface area contributed by atoms with E-state index in [0.717, 1.165) is 12.8 Å². The van der Waals surface area contributed by atoms with Gasteiger partial charge in [-0.15, -0.1) is 13.2 Å². The molecule has 0 aliphatic heterocycles. The first-order valence-corrected chi connectivity index (χ1v) is 9.69. The third-order valence-electron chi connectivity index (χ3n) is 4.05. The van der Waals surface area contributed by atoms with Gasteiger partial charge >= 0.3 is 0 Å². The van der Waals surface area contributed by atoms with Gasteiger partial charge in [0.1, 0.15) is 0 Å². The first-order chi connectivity index (χ1) is 11.2. The van der Waals surface area contributed by atoms with Crippen molar-refractivity contribution >= 4 is 0 Å². The predicted octanol–water partition coefficient (Wildman–Crippen LogP) is 8.57. The molecule has 0 aliphatic carbocycles. The molecule has 0 spiro atoms. The lowest BCUT2D eigenvalue weighted by atomic mass is 10.0. The van der Waals surface area contributed by atoms with Gasteiger partial charge in [0.05, 0.1) is 0 Å². The number of hydrogen-bond donors (Lipinski definition) is 0. The smallest absolute Gasteiger partial charge is 0.0317 e. The Balaban J connectivity index is 0. The molecule has 0 bridgehead atoms. The van der Waals surface area contributed by atoms with Crippen molar-refractivity contribution in [2.45, 2.75) is 98.3 Å². The van der Waals surface area contributed by atoms with Crippen LogP contribution >= 0.6 is 0 Å². The van der Waals surface area contributed by atoms with Crippen LogP contribution in [0.15, 0.2) is 48.6 Å². The van der Waals surface area contributed by atoms with E-state index in [9.17, 15) is 0 Å². The summed E-state index contributed by atoms with van der Waals surface area (Å²) in [5.74, 6) is 0. The third kappa shape index (κ3) is 18.9. The SMILES string of the molecule is C=CCCCC(=CC)CCC.C=CCCCC(=CC)CCCC. The number of unbranched alkanes of at least 4 members (excludes halogenated alkanes) is 3. The molecule has 0 fully saturated rings. The van der Waals surface area contributed by atoms with E-state index >= 15 is 0 Å². The van der Waals surface area contributed by atoms with Crippen LogP contribution in [-0.2, 0) is 0 Å². The summed E-state index contributed by atoms with van der Waals surface area (Å²) in [7, 11) is 0. The lowest BCUT2D eigenvalue weighted by Crippen LogP contribution is -1.84. The van der Waals surface area contributed by atoms with Gasteiger partial charge in [-0.25, -0.2) is 0 Å². The van der Waals surface area contributed by atoms with Crippen LogP contribution in [0.1, 0.15) is 98.3 Å². The fourth-order valence-electron chi connectivity index (χ4n) is 2.50. The van der Waals surface area contributed by atoms with Crippen molar-refractivity contribution in [3.05, 3.63) is 48.6 Å². The van der Waals surface area contributed by atoms with E-state index in [2.05, 4.69) is 53.0 Å². The third-order valence-corrected chi connectivity index (χ3v) is 4.05. The summed E-state index contributed by atoms with van der Waals surface area (Å²) in [5.41, 5.74) is 3.23. The second kappa shape index (κ2) is 21.0. The normalized spacial score (nSPS) is 11.7. The van der Waals surface area contributed by atoms with Crippen molar-refractivity contribution in [1.29, 1.82) is 0 Å². The molecular formula is C23H42. The van der Waals surface area contributed by atoms with Gasteiger partial charge in [-0.3, -0.25) is 0 Å². The monoisotopic (exact) mass is 318 g/mol. The molecule has 0 atom stereocenters. The first-order valence-electron chi connectivity index (χ1n) is 9.69. The van der Waals surface area contributed by atoms with Crippen molar-refractivity contribution in [3.8, 4) is 0 Å². The summed E-state index contributed by atoms with van der Waals surface area (Å²) < 4.78 is 0. The summed E-state index contributed by atoms with van der Waals surface area (Å²) in [6.45, 7) is 16.2. The second-order valence-electron chi connectivity index (χ2n) is 6.11. The molecule has 0 N–H and O–H groups in total. The zero-order valence-corrected chi connectivity index (χ0v) is 16.5. The molecular weight excluding hydrogens is 276 g/mol. The fourth-order valence-corrected chi connectivity index (χ4v) is 2.50. The van der Waals surface area contributed by atoms with Crippen LogP contribution in [0.3, 0.4) is 0 Å². The van der Waals surface area contributed by atoms with Crippen LogP contribution in [-0.4, -0.2) is 0 Å². The molecule has 134 valence electrons. The molecule has 0 aromatic heterocycles. The summed E-state index contributed by atoms with van der Waals surface area (Å²) in [6.07, 6.45) is 22.4. The number of rotatable bonds is 13. The number of allylic oxidation sites excluding steroid dienone is 6. The lowest BCUT2D eigenvalue weighted by molar-refractivity contribution is 0.726. The highest BCUT2D eigenvalue weighted by Crippen LogP contribution is 2.14. The van der Waals surface area contributed by atoms with Gasteiger partial charge < -0.3 is 0 Å². The predicted molar refractivity (Wildman–Crippen MR) is 110 cm³/mol. The summed E-state index contributed by atoms with van der Waals surface area (Å²) >= 11 is 0. The fraction of sp³-hybridized carbons (Fsp3) is 0.652. The van der Waals surface area contributed by atoms with E-state index in [1.54, 1.807) is 11.1 Å². The summed E-state index contributed by atoms with van der Waals surface area (Å²) in [4.78, 5) is 0. The average Bonchev–Trinajstić information content (AvgIpc) is 2.58.